The van der Waals surface area contributed by atoms with E-state index in [0.717, 1.165) is 24.3 Å². The van der Waals surface area contributed by atoms with E-state index in [1.807, 2.05) is 5.32 Å². The first-order valence-corrected chi connectivity index (χ1v) is 12.6. The van der Waals surface area contributed by atoms with Gasteiger partial charge in [-0.25, -0.2) is 13.6 Å². The normalized spacial score (nSPS) is 17.6. The topological polar surface area (TPSA) is 88.7 Å². The summed E-state index contributed by atoms with van der Waals surface area (Å²) in [6.07, 6.45) is -14.5. The summed E-state index contributed by atoms with van der Waals surface area (Å²) in [6, 6.07) is 8.53. The lowest BCUT2D eigenvalue weighted by molar-refractivity contribution is -0.201. The van der Waals surface area contributed by atoms with Crippen LogP contribution in [0.1, 0.15) is 37.3 Å². The van der Waals surface area contributed by atoms with Crippen molar-refractivity contribution < 1.29 is 54.2 Å². The van der Waals surface area contributed by atoms with Gasteiger partial charge in [-0.1, -0.05) is 24.3 Å². The summed E-state index contributed by atoms with van der Waals surface area (Å²) in [5.74, 6) is -1.22. The third-order valence-electron chi connectivity index (χ3n) is 6.16. The summed E-state index contributed by atoms with van der Waals surface area (Å²) in [6.45, 7) is 0.516. The van der Waals surface area contributed by atoms with Crippen molar-refractivity contribution >= 4 is 17.5 Å². The van der Waals surface area contributed by atoms with E-state index < -0.39 is 67.0 Å². The van der Waals surface area contributed by atoms with Gasteiger partial charge in [-0.2, -0.15) is 26.3 Å². The van der Waals surface area contributed by atoms with Crippen LogP contribution in [-0.4, -0.2) is 50.5 Å². The number of nitrogens with one attached hydrogen (secondary N) is 3. The van der Waals surface area contributed by atoms with Crippen LogP contribution in [0.3, 0.4) is 0 Å². The fourth-order valence-corrected chi connectivity index (χ4v) is 4.21. The Labute approximate surface area is 235 Å². The molecule has 42 heavy (non-hydrogen) atoms. The minimum absolute atomic E-state index is 0.00560. The highest BCUT2D eigenvalue weighted by Gasteiger charge is 2.59. The number of carbonyl (C=O) groups is 2. The Bertz CT molecular complexity index is 1260. The van der Waals surface area contributed by atoms with Crippen molar-refractivity contribution in [2.45, 2.75) is 50.5 Å². The maximum Gasteiger partial charge on any atom is 0.416 e. The van der Waals surface area contributed by atoms with E-state index in [2.05, 4.69) is 10.6 Å². The van der Waals surface area contributed by atoms with Gasteiger partial charge in [0.15, 0.2) is 5.54 Å². The second kappa shape index (κ2) is 13.3. The fourth-order valence-electron chi connectivity index (χ4n) is 4.21. The van der Waals surface area contributed by atoms with Crippen molar-refractivity contribution in [3.63, 3.8) is 0 Å². The van der Waals surface area contributed by atoms with Crippen molar-refractivity contribution in [2.24, 2.45) is 0 Å². The molecular formula is C27H27F8N3O4. The van der Waals surface area contributed by atoms with Gasteiger partial charge >= 0.3 is 18.4 Å². The molecule has 230 valence electrons. The molecule has 1 aliphatic heterocycles. The van der Waals surface area contributed by atoms with Crippen LogP contribution in [0, 0.1) is 0 Å². The van der Waals surface area contributed by atoms with E-state index in [0.29, 0.717) is 0 Å². The van der Waals surface area contributed by atoms with Crippen molar-refractivity contribution in [2.75, 3.05) is 19.8 Å². The van der Waals surface area contributed by atoms with Crippen LogP contribution in [0.4, 0.5) is 39.9 Å². The Balaban J connectivity index is 1.98. The summed E-state index contributed by atoms with van der Waals surface area (Å²) >= 11 is 0. The molecular weight excluding hydrogens is 582 g/mol. The van der Waals surface area contributed by atoms with Gasteiger partial charge in [-0.3, -0.25) is 4.79 Å². The monoisotopic (exact) mass is 609 g/mol. The molecule has 1 aliphatic rings. The van der Waals surface area contributed by atoms with Gasteiger partial charge in [-0.15, -0.1) is 0 Å². The molecule has 0 bridgehead atoms. The summed E-state index contributed by atoms with van der Waals surface area (Å²) in [4.78, 5) is 25.4. The molecule has 0 spiro atoms. The summed E-state index contributed by atoms with van der Waals surface area (Å²) in [5.41, 5.74) is -3.95. The van der Waals surface area contributed by atoms with Crippen LogP contribution in [-0.2, 0) is 10.3 Å². The van der Waals surface area contributed by atoms with E-state index in [9.17, 15) is 44.7 Å². The fraction of sp³-hybridized carbons (Fsp3) is 0.407. The summed E-state index contributed by atoms with van der Waals surface area (Å²) in [7, 11) is 0. The molecule has 3 rings (SSSR count). The molecule has 15 heteroatoms. The molecule has 0 saturated carbocycles. The lowest BCUT2D eigenvalue weighted by atomic mass is 9.77. The lowest BCUT2D eigenvalue weighted by Crippen LogP contribution is -2.60. The van der Waals surface area contributed by atoms with Gasteiger partial charge in [0, 0.05) is 19.4 Å². The number of carbonyl (C=O) groups excluding carboxylic acids is 2. The number of amides is 3. The number of alkyl halides is 8. The highest BCUT2D eigenvalue weighted by Crippen LogP contribution is 2.48. The van der Waals surface area contributed by atoms with Gasteiger partial charge in [0.1, 0.15) is 23.8 Å². The number of halogens is 8. The smallest absolute Gasteiger partial charge is 0.416 e. The molecule has 0 fully saturated rings. The number of urea groups is 1. The van der Waals surface area contributed by atoms with Crippen LogP contribution in [0.5, 0.6) is 11.5 Å². The minimum atomic E-state index is -5.07. The van der Waals surface area contributed by atoms with Crippen molar-refractivity contribution in [1.29, 1.82) is 0 Å². The van der Waals surface area contributed by atoms with Gasteiger partial charge in [0.05, 0.1) is 6.61 Å². The first kappa shape index (κ1) is 32.5. The van der Waals surface area contributed by atoms with Crippen LogP contribution >= 0.6 is 0 Å². The van der Waals surface area contributed by atoms with Crippen LogP contribution in [0.2, 0.25) is 0 Å². The van der Waals surface area contributed by atoms with Gasteiger partial charge in [0.25, 0.3) is 12.3 Å². The molecule has 2 aromatic carbocycles. The predicted octanol–water partition coefficient (Wildman–Crippen LogP) is 6.06. The number of hydrogen-bond donors (Lipinski definition) is 3. The molecule has 7 nitrogen and oxygen atoms in total. The average Bonchev–Trinajstić information content (AvgIpc) is 2.90. The number of rotatable bonds is 11. The highest BCUT2D eigenvalue weighted by molar-refractivity contribution is 6.06. The summed E-state index contributed by atoms with van der Waals surface area (Å²) in [5, 5.41) is 6.65. The molecule has 1 heterocycles. The number of hydrogen-bond acceptors (Lipinski definition) is 4. The molecule has 1 unspecified atom stereocenters. The van der Waals surface area contributed by atoms with Crippen molar-refractivity contribution in [1.82, 2.24) is 16.0 Å². The van der Waals surface area contributed by atoms with Crippen LogP contribution < -0.4 is 25.4 Å². The van der Waals surface area contributed by atoms with Gasteiger partial charge in [-0.05, 0) is 54.3 Å². The molecule has 0 saturated heterocycles. The quantitative estimate of drug-likeness (QED) is 0.214. The molecule has 0 radical (unpaired) electrons. The average molecular weight is 610 g/mol. The Morgan fingerprint density at radius 3 is 2.12 bits per heavy atom. The van der Waals surface area contributed by atoms with Gasteiger partial charge in [0.2, 0.25) is 0 Å². The third kappa shape index (κ3) is 8.26. The first-order valence-electron chi connectivity index (χ1n) is 12.6. The Hall–Kier alpha value is -4.04. The Morgan fingerprint density at radius 1 is 0.976 bits per heavy atom. The zero-order valence-corrected chi connectivity index (χ0v) is 22.1. The lowest BCUT2D eigenvalue weighted by Gasteiger charge is -2.41. The number of benzene rings is 2. The standard InChI is InChI=1S/C27H27F8N3O4/c1-2-36-24(40)37-22-20(16-4-8-19(9-5-16)42-15-21(28)29)14-25(27(33,34)35,38-23(22)39)17-6-10-18(11-7-17)41-13-3-12-26(30,31)32/h4-11,21H,2-3,12-15H2,1H3,(H,38,39)(H2,36,37,40). The molecule has 0 aromatic heterocycles. The molecule has 3 amide bonds. The molecule has 0 aliphatic carbocycles. The van der Waals surface area contributed by atoms with Crippen LogP contribution in [0.25, 0.3) is 5.57 Å². The van der Waals surface area contributed by atoms with E-state index in [-0.39, 0.29) is 42.2 Å². The third-order valence-corrected chi connectivity index (χ3v) is 6.16. The Morgan fingerprint density at radius 2 is 1.57 bits per heavy atom. The molecule has 3 N–H and O–H groups in total. The second-order valence-electron chi connectivity index (χ2n) is 9.19. The highest BCUT2D eigenvalue weighted by atomic mass is 19.4. The van der Waals surface area contributed by atoms with Crippen LogP contribution in [0.15, 0.2) is 54.2 Å². The van der Waals surface area contributed by atoms with E-state index in [4.69, 9.17) is 9.47 Å². The predicted molar refractivity (Wildman–Crippen MR) is 135 cm³/mol. The zero-order valence-electron chi connectivity index (χ0n) is 22.1. The Kier molecular flexibility index (Phi) is 10.3. The molecule has 1 atom stereocenters. The zero-order chi connectivity index (χ0) is 31.1. The molecule has 2 aromatic rings. The maximum atomic E-state index is 14.8. The second-order valence-corrected chi connectivity index (χ2v) is 9.19. The first-order chi connectivity index (χ1) is 19.6. The van der Waals surface area contributed by atoms with E-state index >= 15 is 0 Å². The largest absolute Gasteiger partial charge is 0.494 e. The van der Waals surface area contributed by atoms with Crippen molar-refractivity contribution in [3.8, 4) is 11.5 Å². The summed E-state index contributed by atoms with van der Waals surface area (Å²) < 4.78 is 116. The number of ether oxygens (including phenoxy) is 2. The SMILES string of the molecule is CCNC(=O)NC1=C(c2ccc(OCC(F)F)cc2)CC(c2ccc(OCCCC(F)(F)F)cc2)(C(F)(F)F)NC1=O. The maximum absolute atomic E-state index is 14.8. The minimum Gasteiger partial charge on any atom is -0.494 e. The van der Waals surface area contributed by atoms with Crippen molar-refractivity contribution in [3.05, 3.63) is 65.4 Å². The van der Waals surface area contributed by atoms with E-state index in [1.54, 1.807) is 6.92 Å². The van der Waals surface area contributed by atoms with E-state index in [1.165, 1.54) is 24.3 Å². The van der Waals surface area contributed by atoms with Gasteiger partial charge < -0.3 is 25.4 Å².